The number of aryl methyl sites for hydroxylation is 1. The smallest absolute Gasteiger partial charge is 0.356 e. The van der Waals surface area contributed by atoms with Crippen molar-refractivity contribution in [3.8, 4) is 0 Å². The van der Waals surface area contributed by atoms with E-state index in [0.717, 1.165) is 11.1 Å². The SMILES string of the molecule is Cc1cccc(Cc2ncc(Cl)c(C(=O)O)n2)c1. The molecule has 0 bridgehead atoms. The van der Waals surface area contributed by atoms with Crippen molar-refractivity contribution in [3.63, 3.8) is 0 Å². The zero-order valence-electron chi connectivity index (χ0n) is 9.72. The van der Waals surface area contributed by atoms with Gasteiger partial charge in [-0.2, -0.15) is 0 Å². The fraction of sp³-hybridized carbons (Fsp3) is 0.154. The molecule has 0 spiro atoms. The van der Waals surface area contributed by atoms with Gasteiger partial charge in [0, 0.05) is 6.42 Å². The van der Waals surface area contributed by atoms with E-state index in [1.165, 1.54) is 6.20 Å². The van der Waals surface area contributed by atoms with Crippen LogP contribution in [0.1, 0.15) is 27.4 Å². The molecule has 0 aliphatic heterocycles. The molecule has 0 fully saturated rings. The van der Waals surface area contributed by atoms with Crippen molar-refractivity contribution < 1.29 is 9.90 Å². The van der Waals surface area contributed by atoms with E-state index in [2.05, 4.69) is 9.97 Å². The van der Waals surface area contributed by atoms with Gasteiger partial charge < -0.3 is 5.11 Å². The van der Waals surface area contributed by atoms with E-state index in [4.69, 9.17) is 16.7 Å². The van der Waals surface area contributed by atoms with Crippen LogP contribution in [0.15, 0.2) is 30.5 Å². The minimum atomic E-state index is -1.15. The number of aromatic carboxylic acids is 1. The third-order valence-electron chi connectivity index (χ3n) is 2.44. The molecule has 1 aromatic heterocycles. The number of hydrogen-bond acceptors (Lipinski definition) is 3. The minimum Gasteiger partial charge on any atom is -0.476 e. The second-order valence-electron chi connectivity index (χ2n) is 3.95. The average Bonchev–Trinajstić information content (AvgIpc) is 2.31. The summed E-state index contributed by atoms with van der Waals surface area (Å²) in [6.07, 6.45) is 1.81. The van der Waals surface area contributed by atoms with Crippen molar-refractivity contribution in [1.29, 1.82) is 0 Å². The van der Waals surface area contributed by atoms with Crippen molar-refractivity contribution in [1.82, 2.24) is 9.97 Å². The van der Waals surface area contributed by atoms with Crippen molar-refractivity contribution in [2.45, 2.75) is 13.3 Å². The summed E-state index contributed by atoms with van der Waals surface area (Å²) < 4.78 is 0. The van der Waals surface area contributed by atoms with Gasteiger partial charge in [0.25, 0.3) is 0 Å². The van der Waals surface area contributed by atoms with Gasteiger partial charge in [-0.05, 0) is 12.5 Å². The topological polar surface area (TPSA) is 63.1 Å². The van der Waals surface area contributed by atoms with E-state index >= 15 is 0 Å². The van der Waals surface area contributed by atoms with Gasteiger partial charge in [0.05, 0.1) is 11.2 Å². The Morgan fingerprint density at radius 3 is 2.89 bits per heavy atom. The molecule has 5 heteroatoms. The lowest BCUT2D eigenvalue weighted by Gasteiger charge is -2.04. The quantitative estimate of drug-likeness (QED) is 0.924. The molecular formula is C13H11ClN2O2. The molecular weight excluding hydrogens is 252 g/mol. The van der Waals surface area contributed by atoms with E-state index in [9.17, 15) is 4.79 Å². The second kappa shape index (κ2) is 5.14. The summed E-state index contributed by atoms with van der Waals surface area (Å²) in [6.45, 7) is 1.99. The van der Waals surface area contributed by atoms with Crippen LogP contribution < -0.4 is 0 Å². The molecule has 4 nitrogen and oxygen atoms in total. The van der Waals surface area contributed by atoms with Gasteiger partial charge in [-0.25, -0.2) is 14.8 Å². The standard InChI is InChI=1S/C13H11ClN2O2/c1-8-3-2-4-9(5-8)6-11-15-7-10(14)12(16-11)13(17)18/h2-5,7H,6H2,1H3,(H,17,18). The highest BCUT2D eigenvalue weighted by molar-refractivity contribution is 6.33. The highest BCUT2D eigenvalue weighted by atomic mass is 35.5. The van der Waals surface area contributed by atoms with E-state index in [-0.39, 0.29) is 10.7 Å². The number of hydrogen-bond donors (Lipinski definition) is 1. The Labute approximate surface area is 109 Å². The first kappa shape index (κ1) is 12.5. The zero-order chi connectivity index (χ0) is 13.1. The van der Waals surface area contributed by atoms with Crippen LogP contribution in [0.3, 0.4) is 0 Å². The highest BCUT2D eigenvalue weighted by Crippen LogP contribution is 2.14. The molecule has 0 aliphatic carbocycles. The highest BCUT2D eigenvalue weighted by Gasteiger charge is 2.12. The number of carboxylic acid groups (broad SMARTS) is 1. The Morgan fingerprint density at radius 2 is 2.22 bits per heavy atom. The maximum Gasteiger partial charge on any atom is 0.356 e. The van der Waals surface area contributed by atoms with Crippen molar-refractivity contribution in [3.05, 3.63) is 58.1 Å². The normalized spacial score (nSPS) is 10.3. The predicted octanol–water partition coefficient (Wildman–Crippen LogP) is 2.73. The lowest BCUT2D eigenvalue weighted by Crippen LogP contribution is -2.06. The van der Waals surface area contributed by atoms with Crippen LogP contribution in [0.25, 0.3) is 0 Å². The van der Waals surface area contributed by atoms with Crippen molar-refractivity contribution >= 4 is 17.6 Å². The average molecular weight is 263 g/mol. The number of benzene rings is 1. The lowest BCUT2D eigenvalue weighted by molar-refractivity contribution is 0.0690. The molecule has 0 saturated heterocycles. The second-order valence-corrected chi connectivity index (χ2v) is 4.36. The van der Waals surface area contributed by atoms with Gasteiger partial charge in [0.15, 0.2) is 5.69 Å². The first-order chi connectivity index (χ1) is 8.56. The molecule has 2 rings (SSSR count). The summed E-state index contributed by atoms with van der Waals surface area (Å²) in [4.78, 5) is 18.9. The third-order valence-corrected chi connectivity index (χ3v) is 2.72. The Kier molecular flexibility index (Phi) is 3.58. The summed E-state index contributed by atoms with van der Waals surface area (Å²) in [5.41, 5.74) is 2.02. The number of carbonyl (C=O) groups is 1. The van der Waals surface area contributed by atoms with Crippen LogP contribution in [0, 0.1) is 6.92 Å². The van der Waals surface area contributed by atoms with E-state index in [0.29, 0.717) is 12.2 Å². The maximum absolute atomic E-state index is 10.9. The Bertz CT molecular complexity index is 599. The third kappa shape index (κ3) is 2.84. The van der Waals surface area contributed by atoms with Crippen molar-refractivity contribution in [2.75, 3.05) is 0 Å². The van der Waals surface area contributed by atoms with E-state index < -0.39 is 5.97 Å². The van der Waals surface area contributed by atoms with Gasteiger partial charge in [0.1, 0.15) is 5.82 Å². The monoisotopic (exact) mass is 262 g/mol. The number of rotatable bonds is 3. The van der Waals surface area contributed by atoms with Crippen LogP contribution in [-0.2, 0) is 6.42 Å². The Morgan fingerprint density at radius 1 is 1.44 bits per heavy atom. The van der Waals surface area contributed by atoms with E-state index in [1.807, 2.05) is 31.2 Å². The first-order valence-electron chi connectivity index (χ1n) is 5.36. The minimum absolute atomic E-state index is 0.0514. The fourth-order valence-electron chi connectivity index (χ4n) is 1.64. The molecule has 1 heterocycles. The number of nitrogens with zero attached hydrogens (tertiary/aromatic N) is 2. The Balaban J connectivity index is 2.30. The molecule has 0 amide bonds. The van der Waals surface area contributed by atoms with Crippen LogP contribution in [-0.4, -0.2) is 21.0 Å². The van der Waals surface area contributed by atoms with Gasteiger partial charge in [-0.3, -0.25) is 0 Å². The summed E-state index contributed by atoms with van der Waals surface area (Å²) >= 11 is 5.71. The number of carboxylic acids is 1. The molecule has 0 unspecified atom stereocenters. The van der Waals surface area contributed by atoms with Gasteiger partial charge >= 0.3 is 5.97 Å². The largest absolute Gasteiger partial charge is 0.476 e. The first-order valence-corrected chi connectivity index (χ1v) is 5.74. The van der Waals surface area contributed by atoms with Gasteiger partial charge in [-0.15, -0.1) is 0 Å². The van der Waals surface area contributed by atoms with Gasteiger partial charge in [0.2, 0.25) is 0 Å². The predicted molar refractivity (Wildman–Crippen MR) is 68.0 cm³/mol. The van der Waals surface area contributed by atoms with Crippen molar-refractivity contribution in [2.24, 2.45) is 0 Å². The number of aromatic nitrogens is 2. The molecule has 1 aromatic carbocycles. The number of halogens is 1. The zero-order valence-corrected chi connectivity index (χ0v) is 10.5. The lowest BCUT2D eigenvalue weighted by atomic mass is 10.1. The molecule has 0 aliphatic rings. The summed E-state index contributed by atoms with van der Waals surface area (Å²) in [6, 6.07) is 7.90. The van der Waals surface area contributed by atoms with Crippen LogP contribution >= 0.6 is 11.6 Å². The summed E-state index contributed by atoms with van der Waals surface area (Å²) in [5.74, 6) is -0.699. The van der Waals surface area contributed by atoms with Crippen LogP contribution in [0.4, 0.5) is 0 Å². The van der Waals surface area contributed by atoms with Crippen LogP contribution in [0.2, 0.25) is 5.02 Å². The summed E-state index contributed by atoms with van der Waals surface area (Å²) in [5, 5.41) is 8.98. The van der Waals surface area contributed by atoms with Crippen LogP contribution in [0.5, 0.6) is 0 Å². The van der Waals surface area contributed by atoms with E-state index in [1.54, 1.807) is 0 Å². The molecule has 0 atom stereocenters. The molecule has 0 saturated carbocycles. The molecule has 2 aromatic rings. The molecule has 92 valence electrons. The molecule has 0 radical (unpaired) electrons. The fourth-order valence-corrected chi connectivity index (χ4v) is 1.82. The Hall–Kier alpha value is -1.94. The maximum atomic E-state index is 10.9. The molecule has 1 N–H and O–H groups in total. The summed E-state index contributed by atoms with van der Waals surface area (Å²) in [7, 11) is 0. The van der Waals surface area contributed by atoms with Gasteiger partial charge in [-0.1, -0.05) is 41.4 Å². The molecule has 18 heavy (non-hydrogen) atoms.